The summed E-state index contributed by atoms with van der Waals surface area (Å²) in [5, 5.41) is 8.42. The van der Waals surface area contributed by atoms with Gasteiger partial charge in [-0.05, 0) is 35.8 Å². The predicted octanol–water partition coefficient (Wildman–Crippen LogP) is 2.74. The highest BCUT2D eigenvalue weighted by Gasteiger charge is 2.12. The SMILES string of the molecule is CC(=O)NCCCCNC(=O)NCCc1ccc(C(C)(C)C)cc1. The lowest BCUT2D eigenvalue weighted by Crippen LogP contribution is -2.37. The number of carbonyl (C=O) groups is 2. The number of nitrogens with one attached hydrogen (secondary N) is 3. The Kier molecular flexibility index (Phi) is 8.30. The van der Waals surface area contributed by atoms with Crippen molar-refractivity contribution in [3.05, 3.63) is 35.4 Å². The first-order chi connectivity index (χ1) is 11.3. The van der Waals surface area contributed by atoms with Crippen molar-refractivity contribution in [1.82, 2.24) is 16.0 Å². The molecule has 5 nitrogen and oxygen atoms in total. The molecular weight excluding hydrogens is 302 g/mol. The molecule has 0 spiro atoms. The van der Waals surface area contributed by atoms with Crippen LogP contribution in [-0.2, 0) is 16.6 Å². The minimum atomic E-state index is -0.138. The lowest BCUT2D eigenvalue weighted by atomic mass is 9.86. The molecule has 1 rings (SSSR count). The third kappa shape index (κ3) is 8.56. The van der Waals surface area contributed by atoms with Gasteiger partial charge in [0.2, 0.25) is 5.91 Å². The molecule has 0 atom stereocenters. The third-order valence-corrected chi connectivity index (χ3v) is 3.78. The van der Waals surface area contributed by atoms with E-state index >= 15 is 0 Å². The molecule has 0 aliphatic carbocycles. The van der Waals surface area contributed by atoms with Crippen molar-refractivity contribution in [3.8, 4) is 0 Å². The molecule has 134 valence electrons. The van der Waals surface area contributed by atoms with Crippen molar-refractivity contribution in [2.24, 2.45) is 0 Å². The first-order valence-corrected chi connectivity index (χ1v) is 8.64. The maximum Gasteiger partial charge on any atom is 0.314 e. The van der Waals surface area contributed by atoms with Gasteiger partial charge in [0.25, 0.3) is 0 Å². The maximum absolute atomic E-state index is 11.7. The van der Waals surface area contributed by atoms with E-state index < -0.39 is 0 Å². The molecule has 3 N–H and O–H groups in total. The van der Waals surface area contributed by atoms with Gasteiger partial charge in [0.05, 0.1) is 0 Å². The van der Waals surface area contributed by atoms with Crippen LogP contribution < -0.4 is 16.0 Å². The lowest BCUT2D eigenvalue weighted by Gasteiger charge is -2.19. The molecule has 24 heavy (non-hydrogen) atoms. The van der Waals surface area contributed by atoms with Gasteiger partial charge in [-0.2, -0.15) is 0 Å². The molecule has 0 bridgehead atoms. The lowest BCUT2D eigenvalue weighted by molar-refractivity contribution is -0.118. The van der Waals surface area contributed by atoms with Crippen LogP contribution in [0, 0.1) is 0 Å². The molecule has 0 unspecified atom stereocenters. The van der Waals surface area contributed by atoms with Gasteiger partial charge >= 0.3 is 6.03 Å². The molecule has 0 aliphatic rings. The number of carbonyl (C=O) groups excluding carboxylic acids is 2. The zero-order valence-corrected chi connectivity index (χ0v) is 15.4. The van der Waals surface area contributed by atoms with Crippen LogP contribution in [-0.4, -0.2) is 31.6 Å². The van der Waals surface area contributed by atoms with Crippen molar-refractivity contribution in [2.75, 3.05) is 19.6 Å². The molecule has 5 heteroatoms. The quantitative estimate of drug-likeness (QED) is 0.640. The van der Waals surface area contributed by atoms with Crippen molar-refractivity contribution < 1.29 is 9.59 Å². The molecule has 0 radical (unpaired) electrons. The smallest absolute Gasteiger partial charge is 0.314 e. The fourth-order valence-electron chi connectivity index (χ4n) is 2.27. The molecule has 1 aromatic carbocycles. The van der Waals surface area contributed by atoms with E-state index in [1.165, 1.54) is 18.1 Å². The van der Waals surface area contributed by atoms with Crippen LogP contribution in [0.4, 0.5) is 4.79 Å². The second kappa shape index (κ2) is 9.96. The van der Waals surface area contributed by atoms with Crippen molar-refractivity contribution in [1.29, 1.82) is 0 Å². The molecule has 0 fully saturated rings. The molecule has 1 aromatic rings. The van der Waals surface area contributed by atoms with E-state index in [4.69, 9.17) is 0 Å². The standard InChI is InChI=1S/C19H31N3O2/c1-15(23)20-12-5-6-13-21-18(24)22-14-11-16-7-9-17(10-8-16)19(2,3)4/h7-10H,5-6,11-14H2,1-4H3,(H,20,23)(H2,21,22,24). The highest BCUT2D eigenvalue weighted by molar-refractivity contribution is 5.73. The second-order valence-corrected chi connectivity index (χ2v) is 7.07. The third-order valence-electron chi connectivity index (χ3n) is 3.78. The van der Waals surface area contributed by atoms with E-state index in [-0.39, 0.29) is 17.4 Å². The molecule has 0 saturated heterocycles. The van der Waals surface area contributed by atoms with E-state index in [1.54, 1.807) is 0 Å². The predicted molar refractivity (Wildman–Crippen MR) is 98.2 cm³/mol. The Morgan fingerprint density at radius 1 is 0.875 bits per heavy atom. The highest BCUT2D eigenvalue weighted by atomic mass is 16.2. The van der Waals surface area contributed by atoms with Gasteiger partial charge < -0.3 is 16.0 Å². The summed E-state index contributed by atoms with van der Waals surface area (Å²) in [6, 6.07) is 8.43. The topological polar surface area (TPSA) is 70.2 Å². The van der Waals surface area contributed by atoms with Gasteiger partial charge in [0.15, 0.2) is 0 Å². The minimum absolute atomic E-state index is 0.0174. The van der Waals surface area contributed by atoms with E-state index in [2.05, 4.69) is 61.0 Å². The van der Waals surface area contributed by atoms with Crippen LogP contribution in [0.2, 0.25) is 0 Å². The highest BCUT2D eigenvalue weighted by Crippen LogP contribution is 2.22. The minimum Gasteiger partial charge on any atom is -0.356 e. The Labute approximate surface area is 145 Å². The zero-order chi connectivity index (χ0) is 18.0. The summed E-state index contributed by atoms with van der Waals surface area (Å²) >= 11 is 0. The van der Waals surface area contributed by atoms with Gasteiger partial charge in [-0.15, -0.1) is 0 Å². The molecule has 0 aromatic heterocycles. The number of urea groups is 1. The Morgan fingerprint density at radius 2 is 1.42 bits per heavy atom. The summed E-state index contributed by atoms with van der Waals surface area (Å²) in [6.45, 7) is 9.99. The fourth-order valence-corrected chi connectivity index (χ4v) is 2.27. The number of benzene rings is 1. The van der Waals surface area contributed by atoms with E-state index in [0.29, 0.717) is 19.6 Å². The van der Waals surface area contributed by atoms with E-state index in [0.717, 1.165) is 19.3 Å². The molecule has 0 heterocycles. The van der Waals surface area contributed by atoms with Crippen LogP contribution in [0.1, 0.15) is 51.7 Å². The summed E-state index contributed by atoms with van der Waals surface area (Å²) in [5.41, 5.74) is 2.70. The monoisotopic (exact) mass is 333 g/mol. The van der Waals surface area contributed by atoms with E-state index in [1.807, 2.05) is 0 Å². The van der Waals surface area contributed by atoms with Gasteiger partial charge in [0.1, 0.15) is 0 Å². The Balaban J connectivity index is 2.14. The first kappa shape index (κ1) is 20.0. The number of unbranched alkanes of at least 4 members (excludes halogenated alkanes) is 1. The van der Waals surface area contributed by atoms with Gasteiger partial charge in [-0.1, -0.05) is 45.0 Å². The number of rotatable bonds is 8. The summed E-state index contributed by atoms with van der Waals surface area (Å²) < 4.78 is 0. The first-order valence-electron chi connectivity index (χ1n) is 8.64. The zero-order valence-electron chi connectivity index (χ0n) is 15.4. The Morgan fingerprint density at radius 3 is 1.96 bits per heavy atom. The van der Waals surface area contributed by atoms with Crippen molar-refractivity contribution >= 4 is 11.9 Å². The number of hydrogen-bond donors (Lipinski definition) is 3. The number of hydrogen-bond acceptors (Lipinski definition) is 2. The largest absolute Gasteiger partial charge is 0.356 e. The molecule has 0 saturated carbocycles. The maximum atomic E-state index is 11.7. The van der Waals surface area contributed by atoms with Crippen LogP contribution >= 0.6 is 0 Å². The number of amides is 3. The average Bonchev–Trinajstić information content (AvgIpc) is 2.50. The van der Waals surface area contributed by atoms with Crippen molar-refractivity contribution in [2.45, 2.75) is 52.4 Å². The summed E-state index contributed by atoms with van der Waals surface area (Å²) in [4.78, 5) is 22.4. The normalized spacial score (nSPS) is 11.0. The van der Waals surface area contributed by atoms with Gasteiger partial charge in [-0.3, -0.25) is 4.79 Å². The second-order valence-electron chi connectivity index (χ2n) is 7.07. The van der Waals surface area contributed by atoms with Gasteiger partial charge in [0, 0.05) is 26.6 Å². The fraction of sp³-hybridized carbons (Fsp3) is 0.579. The Hall–Kier alpha value is -2.04. The summed E-state index contributed by atoms with van der Waals surface area (Å²) in [7, 11) is 0. The Bertz CT molecular complexity index is 518. The summed E-state index contributed by atoms with van der Waals surface area (Å²) in [6.07, 6.45) is 2.53. The van der Waals surface area contributed by atoms with Gasteiger partial charge in [-0.25, -0.2) is 4.79 Å². The van der Waals surface area contributed by atoms with Crippen molar-refractivity contribution in [3.63, 3.8) is 0 Å². The van der Waals surface area contributed by atoms with Crippen LogP contribution in [0.25, 0.3) is 0 Å². The van der Waals surface area contributed by atoms with Crippen LogP contribution in [0.3, 0.4) is 0 Å². The molecule has 0 aliphatic heterocycles. The molecular formula is C19H31N3O2. The van der Waals surface area contributed by atoms with E-state index in [9.17, 15) is 9.59 Å². The summed E-state index contributed by atoms with van der Waals surface area (Å²) in [5.74, 6) is -0.0174. The van der Waals surface area contributed by atoms with Crippen LogP contribution in [0.15, 0.2) is 24.3 Å². The van der Waals surface area contributed by atoms with Crippen LogP contribution in [0.5, 0.6) is 0 Å². The average molecular weight is 333 g/mol. The molecule has 3 amide bonds.